The number of hydrogen-bond donors (Lipinski definition) is 1. The maximum atomic E-state index is 13.1. The predicted molar refractivity (Wildman–Crippen MR) is 87.1 cm³/mol. The predicted octanol–water partition coefficient (Wildman–Crippen LogP) is 4.85. The monoisotopic (exact) mass is 304 g/mol. The van der Waals surface area contributed by atoms with Crippen molar-refractivity contribution in [1.82, 2.24) is 0 Å². The maximum absolute atomic E-state index is 13.1. The molecule has 1 atom stereocenters. The molecular weight excluding hydrogens is 283 g/mol. The molecule has 0 spiro atoms. The van der Waals surface area contributed by atoms with Crippen molar-refractivity contribution < 1.29 is 9.50 Å². The van der Waals surface area contributed by atoms with E-state index in [0.717, 1.165) is 16.9 Å². The smallest absolute Gasteiger partial charge is 0.124 e. The van der Waals surface area contributed by atoms with Crippen LogP contribution in [-0.2, 0) is 6.42 Å². The number of halogens is 1. The van der Waals surface area contributed by atoms with Crippen molar-refractivity contribution in [1.29, 1.82) is 0 Å². The zero-order valence-corrected chi connectivity index (χ0v) is 13.2. The van der Waals surface area contributed by atoms with Gasteiger partial charge in [0.05, 0.1) is 6.10 Å². The molecular formula is C18H21FOS. The molecule has 1 nitrogen and oxygen atoms in total. The van der Waals surface area contributed by atoms with E-state index in [-0.39, 0.29) is 5.82 Å². The van der Waals surface area contributed by atoms with E-state index in [1.54, 1.807) is 6.07 Å². The van der Waals surface area contributed by atoms with E-state index in [2.05, 4.69) is 26.0 Å². The van der Waals surface area contributed by atoms with Gasteiger partial charge in [0, 0.05) is 10.6 Å². The fourth-order valence-electron chi connectivity index (χ4n) is 2.23. The van der Waals surface area contributed by atoms with Crippen molar-refractivity contribution in [2.75, 3.05) is 5.75 Å². The molecule has 0 aromatic heterocycles. The van der Waals surface area contributed by atoms with Crippen LogP contribution in [0.3, 0.4) is 0 Å². The van der Waals surface area contributed by atoms with Crippen molar-refractivity contribution in [3.63, 3.8) is 0 Å². The Bertz CT molecular complexity index is 583. The van der Waals surface area contributed by atoms with Gasteiger partial charge >= 0.3 is 0 Å². The molecule has 0 aliphatic rings. The average Bonchev–Trinajstić information content (AvgIpc) is 2.44. The van der Waals surface area contributed by atoms with Crippen LogP contribution in [0.2, 0.25) is 0 Å². The molecule has 0 saturated carbocycles. The summed E-state index contributed by atoms with van der Waals surface area (Å²) >= 11 is 1.47. The van der Waals surface area contributed by atoms with Crippen molar-refractivity contribution in [3.05, 3.63) is 65.5 Å². The second-order valence-corrected chi connectivity index (χ2v) is 6.72. The molecule has 1 unspecified atom stereocenters. The molecule has 0 amide bonds. The van der Waals surface area contributed by atoms with Gasteiger partial charge in [0.2, 0.25) is 0 Å². The Hall–Kier alpha value is -1.32. The lowest BCUT2D eigenvalue weighted by Gasteiger charge is -2.13. The van der Waals surface area contributed by atoms with E-state index >= 15 is 0 Å². The highest BCUT2D eigenvalue weighted by molar-refractivity contribution is 7.99. The van der Waals surface area contributed by atoms with Crippen molar-refractivity contribution >= 4 is 11.8 Å². The Balaban J connectivity index is 1.98. The lowest BCUT2D eigenvalue weighted by molar-refractivity contribution is 0.204. The van der Waals surface area contributed by atoms with Gasteiger partial charge in [-0.1, -0.05) is 44.2 Å². The first-order chi connectivity index (χ1) is 10.0. The van der Waals surface area contributed by atoms with Crippen LogP contribution >= 0.6 is 11.8 Å². The molecule has 0 aliphatic heterocycles. The molecule has 21 heavy (non-hydrogen) atoms. The van der Waals surface area contributed by atoms with Crippen LogP contribution in [-0.4, -0.2) is 10.9 Å². The molecule has 2 rings (SSSR count). The second-order valence-electron chi connectivity index (χ2n) is 5.63. The SMILES string of the molecule is CC(C)Cc1cccc(C(O)CSc2cccc(F)c2)c1. The molecule has 0 bridgehead atoms. The van der Waals surface area contributed by atoms with E-state index in [4.69, 9.17) is 0 Å². The fourth-order valence-corrected chi connectivity index (χ4v) is 3.14. The van der Waals surface area contributed by atoms with E-state index in [0.29, 0.717) is 11.7 Å². The molecule has 2 aromatic carbocycles. The topological polar surface area (TPSA) is 20.2 Å². The highest BCUT2D eigenvalue weighted by atomic mass is 32.2. The van der Waals surface area contributed by atoms with Gasteiger partial charge < -0.3 is 5.11 Å². The van der Waals surface area contributed by atoms with Gasteiger partial charge in [-0.05, 0) is 41.7 Å². The molecule has 1 N–H and O–H groups in total. The summed E-state index contributed by atoms with van der Waals surface area (Å²) in [6.07, 6.45) is 0.475. The van der Waals surface area contributed by atoms with Gasteiger partial charge in [0.15, 0.2) is 0 Å². The van der Waals surface area contributed by atoms with Crippen molar-refractivity contribution in [3.8, 4) is 0 Å². The van der Waals surface area contributed by atoms with Crippen LogP contribution in [0.25, 0.3) is 0 Å². The summed E-state index contributed by atoms with van der Waals surface area (Å²) in [6, 6.07) is 14.6. The van der Waals surface area contributed by atoms with Crippen LogP contribution in [0.1, 0.15) is 31.1 Å². The average molecular weight is 304 g/mol. The summed E-state index contributed by atoms with van der Waals surface area (Å²) in [6.45, 7) is 4.37. The number of aliphatic hydroxyl groups excluding tert-OH is 1. The molecule has 0 fully saturated rings. The Labute approximate surface area is 130 Å². The van der Waals surface area contributed by atoms with Crippen LogP contribution < -0.4 is 0 Å². The van der Waals surface area contributed by atoms with Crippen molar-refractivity contribution in [2.24, 2.45) is 5.92 Å². The lowest BCUT2D eigenvalue weighted by Crippen LogP contribution is -2.02. The molecule has 0 heterocycles. The Kier molecular flexibility index (Phi) is 5.83. The number of aliphatic hydroxyl groups is 1. The van der Waals surface area contributed by atoms with E-state index in [1.165, 1.54) is 29.5 Å². The van der Waals surface area contributed by atoms with Crippen LogP contribution in [0.15, 0.2) is 53.4 Å². The quantitative estimate of drug-likeness (QED) is 0.770. The summed E-state index contributed by atoms with van der Waals surface area (Å²) in [4.78, 5) is 0.840. The molecule has 0 aliphatic carbocycles. The second kappa shape index (κ2) is 7.62. The minimum Gasteiger partial charge on any atom is -0.388 e. The van der Waals surface area contributed by atoms with Gasteiger partial charge in [0.25, 0.3) is 0 Å². The zero-order chi connectivity index (χ0) is 15.2. The number of hydrogen-bond acceptors (Lipinski definition) is 2. The molecule has 0 saturated heterocycles. The van der Waals surface area contributed by atoms with E-state index in [9.17, 15) is 9.50 Å². The number of rotatable bonds is 6. The maximum Gasteiger partial charge on any atom is 0.124 e. The molecule has 0 radical (unpaired) electrons. The Morgan fingerprint density at radius 1 is 1.10 bits per heavy atom. The summed E-state index contributed by atoms with van der Waals surface area (Å²) in [5.74, 6) is 0.877. The van der Waals surface area contributed by atoms with Crippen LogP contribution in [0.5, 0.6) is 0 Å². The Morgan fingerprint density at radius 2 is 1.86 bits per heavy atom. The van der Waals surface area contributed by atoms with Crippen LogP contribution in [0, 0.1) is 11.7 Å². The minimum absolute atomic E-state index is 0.242. The normalized spacial score (nSPS) is 12.6. The van der Waals surface area contributed by atoms with E-state index in [1.807, 2.05) is 18.2 Å². The van der Waals surface area contributed by atoms with Gasteiger partial charge in [0.1, 0.15) is 5.82 Å². The van der Waals surface area contributed by atoms with Gasteiger partial charge in [-0.3, -0.25) is 0 Å². The third kappa shape index (κ3) is 5.18. The first-order valence-electron chi connectivity index (χ1n) is 7.20. The third-order valence-electron chi connectivity index (χ3n) is 3.18. The first-order valence-corrected chi connectivity index (χ1v) is 8.18. The largest absolute Gasteiger partial charge is 0.388 e. The van der Waals surface area contributed by atoms with Gasteiger partial charge in [-0.15, -0.1) is 11.8 Å². The van der Waals surface area contributed by atoms with Crippen molar-refractivity contribution in [2.45, 2.75) is 31.3 Å². The Morgan fingerprint density at radius 3 is 2.57 bits per heavy atom. The highest BCUT2D eigenvalue weighted by Crippen LogP contribution is 2.26. The minimum atomic E-state index is -0.537. The third-order valence-corrected chi connectivity index (χ3v) is 4.25. The zero-order valence-electron chi connectivity index (χ0n) is 12.4. The molecule has 2 aromatic rings. The van der Waals surface area contributed by atoms with Gasteiger partial charge in [-0.2, -0.15) is 0 Å². The summed E-state index contributed by atoms with van der Waals surface area (Å²) < 4.78 is 13.1. The van der Waals surface area contributed by atoms with Gasteiger partial charge in [-0.25, -0.2) is 4.39 Å². The lowest BCUT2D eigenvalue weighted by atomic mass is 9.99. The molecule has 112 valence electrons. The summed E-state index contributed by atoms with van der Waals surface area (Å²) in [5, 5.41) is 10.3. The highest BCUT2D eigenvalue weighted by Gasteiger charge is 2.09. The van der Waals surface area contributed by atoms with Crippen LogP contribution in [0.4, 0.5) is 4.39 Å². The van der Waals surface area contributed by atoms with E-state index < -0.39 is 6.10 Å². The number of benzene rings is 2. The first kappa shape index (κ1) is 16.1. The standard InChI is InChI=1S/C18H21FOS/c1-13(2)9-14-5-3-6-15(10-14)18(20)12-21-17-8-4-7-16(19)11-17/h3-8,10-11,13,18,20H,9,12H2,1-2H3. The summed E-state index contributed by atoms with van der Waals surface area (Å²) in [7, 11) is 0. The fraction of sp³-hybridized carbons (Fsp3) is 0.333. The number of thioether (sulfide) groups is 1. The summed E-state index contributed by atoms with van der Waals surface area (Å²) in [5.41, 5.74) is 2.18. The molecule has 3 heteroatoms.